The van der Waals surface area contributed by atoms with Crippen molar-refractivity contribution in [1.82, 2.24) is 14.8 Å². The zero-order chi connectivity index (χ0) is 15.5. The van der Waals surface area contributed by atoms with E-state index in [1.54, 1.807) is 11.3 Å². The number of hydrogen-bond donors (Lipinski definition) is 0. The van der Waals surface area contributed by atoms with E-state index in [1.807, 2.05) is 13.8 Å². The summed E-state index contributed by atoms with van der Waals surface area (Å²) in [4.78, 5) is 13.1. The molecule has 22 heavy (non-hydrogen) atoms. The quantitative estimate of drug-likeness (QED) is 0.573. The van der Waals surface area contributed by atoms with E-state index < -0.39 is 0 Å². The first-order valence-corrected chi connectivity index (χ1v) is 9.24. The van der Waals surface area contributed by atoms with Crippen LogP contribution in [0.25, 0.3) is 0 Å². The summed E-state index contributed by atoms with van der Waals surface area (Å²) in [5.41, 5.74) is 0. The van der Waals surface area contributed by atoms with E-state index in [1.165, 1.54) is 16.6 Å². The number of rotatable bonds is 7. The fourth-order valence-corrected chi connectivity index (χ4v) is 3.88. The van der Waals surface area contributed by atoms with Crippen molar-refractivity contribution in [2.75, 3.05) is 6.61 Å². The van der Waals surface area contributed by atoms with E-state index in [0.717, 1.165) is 30.2 Å². The number of carbonyl (C=O) groups is 1. The first-order valence-electron chi connectivity index (χ1n) is 7.48. The van der Waals surface area contributed by atoms with Crippen molar-refractivity contribution in [3.8, 4) is 0 Å². The maximum absolute atomic E-state index is 11.8. The van der Waals surface area contributed by atoms with Gasteiger partial charge in [-0.2, -0.15) is 0 Å². The number of ether oxygens (including phenoxy) is 1. The summed E-state index contributed by atoms with van der Waals surface area (Å²) >= 11 is 3.17. The number of esters is 1. The Bertz CT molecular complexity index is 635. The van der Waals surface area contributed by atoms with Crippen molar-refractivity contribution in [3.05, 3.63) is 28.2 Å². The molecule has 118 valence electrons. The first kappa shape index (κ1) is 15.6. The average molecular weight is 337 g/mol. The number of nitrogens with zero attached hydrogens (tertiary/aromatic N) is 3. The average Bonchev–Trinajstić information content (AvgIpc) is 3.05. The highest BCUT2D eigenvalue weighted by molar-refractivity contribution is 8.00. The van der Waals surface area contributed by atoms with Crippen LogP contribution in [-0.2, 0) is 16.0 Å². The lowest BCUT2D eigenvalue weighted by molar-refractivity contribution is -0.142. The van der Waals surface area contributed by atoms with E-state index in [-0.39, 0.29) is 11.2 Å². The number of carbonyl (C=O) groups excluding carboxylic acids is 1. The highest BCUT2D eigenvalue weighted by atomic mass is 32.2. The third-order valence-corrected chi connectivity index (χ3v) is 5.37. The molecule has 0 aromatic carbocycles. The van der Waals surface area contributed by atoms with Crippen LogP contribution >= 0.6 is 23.1 Å². The number of thioether (sulfide) groups is 1. The van der Waals surface area contributed by atoms with Crippen LogP contribution in [0.5, 0.6) is 0 Å². The molecule has 2 aromatic heterocycles. The molecule has 0 radical (unpaired) electrons. The van der Waals surface area contributed by atoms with Crippen molar-refractivity contribution in [1.29, 1.82) is 0 Å². The molecule has 2 heterocycles. The van der Waals surface area contributed by atoms with Crippen LogP contribution < -0.4 is 0 Å². The minimum Gasteiger partial charge on any atom is -0.465 e. The smallest absolute Gasteiger partial charge is 0.319 e. The molecule has 1 aliphatic carbocycles. The second-order valence-corrected chi connectivity index (χ2v) is 7.61. The Hall–Kier alpha value is -1.34. The molecule has 5 nitrogen and oxygen atoms in total. The summed E-state index contributed by atoms with van der Waals surface area (Å²) in [6.07, 6.45) is 3.13. The number of aromatic nitrogens is 3. The second-order valence-electron chi connectivity index (χ2n) is 5.27. The van der Waals surface area contributed by atoms with E-state index in [9.17, 15) is 4.79 Å². The molecule has 1 atom stereocenters. The molecule has 0 spiro atoms. The SMILES string of the molecule is CCOC(=O)C(C)Sc1nnc(Cc2cccs2)n1C1CC1. The lowest BCUT2D eigenvalue weighted by Gasteiger charge is -2.12. The molecule has 3 rings (SSSR count). The Morgan fingerprint density at radius 3 is 3.00 bits per heavy atom. The summed E-state index contributed by atoms with van der Waals surface area (Å²) in [7, 11) is 0. The van der Waals surface area contributed by atoms with Gasteiger partial charge in [0.2, 0.25) is 0 Å². The Morgan fingerprint density at radius 2 is 2.36 bits per heavy atom. The number of hydrogen-bond acceptors (Lipinski definition) is 6. The minimum atomic E-state index is -0.267. The zero-order valence-corrected chi connectivity index (χ0v) is 14.3. The molecule has 0 N–H and O–H groups in total. The lowest BCUT2D eigenvalue weighted by atomic mass is 10.3. The van der Waals surface area contributed by atoms with Gasteiger partial charge in [-0.25, -0.2) is 0 Å². The molecule has 2 aromatic rings. The summed E-state index contributed by atoms with van der Waals surface area (Å²) < 4.78 is 7.28. The van der Waals surface area contributed by atoms with Crippen molar-refractivity contribution >= 4 is 29.1 Å². The summed E-state index contributed by atoms with van der Waals surface area (Å²) in [5, 5.41) is 11.3. The lowest BCUT2D eigenvalue weighted by Crippen LogP contribution is -2.17. The minimum absolute atomic E-state index is 0.197. The molecule has 0 saturated heterocycles. The van der Waals surface area contributed by atoms with Gasteiger partial charge in [0, 0.05) is 17.3 Å². The fraction of sp³-hybridized carbons (Fsp3) is 0.533. The van der Waals surface area contributed by atoms with E-state index in [2.05, 4.69) is 32.3 Å². The van der Waals surface area contributed by atoms with Gasteiger partial charge in [-0.3, -0.25) is 4.79 Å². The second kappa shape index (κ2) is 6.83. The van der Waals surface area contributed by atoms with Crippen molar-refractivity contribution < 1.29 is 9.53 Å². The van der Waals surface area contributed by atoms with Gasteiger partial charge in [-0.15, -0.1) is 21.5 Å². The highest BCUT2D eigenvalue weighted by Gasteiger charge is 2.31. The predicted octanol–water partition coefficient (Wildman–Crippen LogP) is 3.31. The zero-order valence-electron chi connectivity index (χ0n) is 12.7. The molecule has 7 heteroatoms. The maximum Gasteiger partial charge on any atom is 0.319 e. The van der Waals surface area contributed by atoms with E-state index >= 15 is 0 Å². The maximum atomic E-state index is 11.8. The Balaban J connectivity index is 1.77. The molecule has 0 amide bonds. The van der Waals surface area contributed by atoms with Gasteiger partial charge in [0.15, 0.2) is 5.16 Å². The molecule has 1 fully saturated rings. The molecular formula is C15H19N3O2S2. The standard InChI is InChI=1S/C15H19N3O2S2/c1-3-20-14(19)10(2)22-15-17-16-13(18(15)11-6-7-11)9-12-5-4-8-21-12/h4-5,8,10-11H,3,6-7,9H2,1-2H3. The van der Waals surface area contributed by atoms with Gasteiger partial charge < -0.3 is 9.30 Å². The Labute approximate surface area is 138 Å². The molecule has 1 saturated carbocycles. The summed E-state index contributed by atoms with van der Waals surface area (Å²) in [6, 6.07) is 4.66. The van der Waals surface area contributed by atoms with Crippen molar-refractivity contribution in [2.45, 2.75) is 49.6 Å². The highest BCUT2D eigenvalue weighted by Crippen LogP contribution is 2.40. The molecular weight excluding hydrogens is 318 g/mol. The molecule has 1 unspecified atom stereocenters. The monoisotopic (exact) mass is 337 g/mol. The van der Waals surface area contributed by atoms with E-state index in [0.29, 0.717) is 12.6 Å². The molecule has 0 aliphatic heterocycles. The first-order chi connectivity index (χ1) is 10.7. The van der Waals surface area contributed by atoms with Crippen LogP contribution in [0.2, 0.25) is 0 Å². The van der Waals surface area contributed by atoms with Crippen molar-refractivity contribution in [2.24, 2.45) is 0 Å². The largest absolute Gasteiger partial charge is 0.465 e. The summed E-state index contributed by atoms with van der Waals surface area (Å²) in [5.74, 6) is 0.793. The normalized spacial score (nSPS) is 15.7. The molecule has 1 aliphatic rings. The van der Waals surface area contributed by atoms with Gasteiger partial charge >= 0.3 is 5.97 Å². The molecule has 0 bridgehead atoms. The Morgan fingerprint density at radius 1 is 1.55 bits per heavy atom. The van der Waals surface area contributed by atoms with Crippen LogP contribution in [0.4, 0.5) is 0 Å². The van der Waals surface area contributed by atoms with Gasteiger partial charge in [-0.05, 0) is 38.1 Å². The van der Waals surface area contributed by atoms with Gasteiger partial charge in [0.25, 0.3) is 0 Å². The fourth-order valence-electron chi connectivity index (χ4n) is 2.24. The van der Waals surface area contributed by atoms with Crippen LogP contribution in [0.3, 0.4) is 0 Å². The van der Waals surface area contributed by atoms with Crippen molar-refractivity contribution in [3.63, 3.8) is 0 Å². The Kier molecular flexibility index (Phi) is 4.83. The van der Waals surface area contributed by atoms with Crippen LogP contribution in [0.1, 0.15) is 43.4 Å². The van der Waals surface area contributed by atoms with Gasteiger partial charge in [-0.1, -0.05) is 17.8 Å². The third kappa shape index (κ3) is 3.52. The van der Waals surface area contributed by atoms with Crippen LogP contribution in [0.15, 0.2) is 22.7 Å². The van der Waals surface area contributed by atoms with Crippen LogP contribution in [-0.4, -0.2) is 32.6 Å². The number of thiophene rings is 1. The predicted molar refractivity (Wildman–Crippen MR) is 87.4 cm³/mol. The van der Waals surface area contributed by atoms with E-state index in [4.69, 9.17) is 4.74 Å². The third-order valence-electron chi connectivity index (χ3n) is 3.46. The topological polar surface area (TPSA) is 57.0 Å². The van der Waals surface area contributed by atoms with Gasteiger partial charge in [0.05, 0.1) is 6.61 Å². The summed E-state index contributed by atoms with van der Waals surface area (Å²) in [6.45, 7) is 4.08. The van der Waals surface area contributed by atoms with Gasteiger partial charge in [0.1, 0.15) is 11.1 Å². The van der Waals surface area contributed by atoms with Crippen LogP contribution in [0, 0.1) is 0 Å².